The van der Waals surface area contributed by atoms with Gasteiger partial charge in [0.25, 0.3) is 17.7 Å². The van der Waals surface area contributed by atoms with Gasteiger partial charge in [-0.1, -0.05) is 0 Å². The largest absolute Gasteiger partial charge is 0.504 e. The van der Waals surface area contributed by atoms with Crippen molar-refractivity contribution in [2.75, 3.05) is 21.3 Å². The molecule has 5 aromatic carbocycles. The lowest BCUT2D eigenvalue weighted by Gasteiger charge is -2.18. The molecule has 0 radical (unpaired) electrons. The zero-order valence-electron chi connectivity index (χ0n) is 31.6. The van der Waals surface area contributed by atoms with Crippen molar-refractivity contribution in [2.24, 2.45) is 0 Å². The molecule has 0 aromatic heterocycles. The Labute approximate surface area is 338 Å². The maximum Gasteiger partial charge on any atom is 0.335 e. The molecular formula is C44H37N7O8. The number of aromatic carboxylic acids is 1. The average molecular weight is 792 g/mol. The number of rotatable bonds is 14. The van der Waals surface area contributed by atoms with E-state index in [1.807, 2.05) is 6.07 Å². The summed E-state index contributed by atoms with van der Waals surface area (Å²) in [6.07, 6.45) is 4.92. The number of benzene rings is 5. The number of ether oxygens (including phenoxy) is 1. The topological polar surface area (TPSA) is 243 Å². The second kappa shape index (κ2) is 18.9. The number of carbonyl (C=O) groups is 5. The Morgan fingerprint density at radius 3 is 1.76 bits per heavy atom. The summed E-state index contributed by atoms with van der Waals surface area (Å²) in [5.74, 6) is -1.80. The first-order valence-electron chi connectivity index (χ1n) is 17.9. The van der Waals surface area contributed by atoms with Crippen molar-refractivity contribution in [1.82, 2.24) is 5.32 Å². The van der Waals surface area contributed by atoms with Crippen molar-refractivity contribution in [3.63, 3.8) is 0 Å². The van der Waals surface area contributed by atoms with Gasteiger partial charge in [0.15, 0.2) is 11.5 Å². The smallest absolute Gasteiger partial charge is 0.335 e. The normalized spacial score (nSPS) is 10.9. The number of hydrogen-bond donors (Lipinski definition) is 8. The number of amides is 4. The van der Waals surface area contributed by atoms with Crippen LogP contribution in [0.1, 0.15) is 72.8 Å². The van der Waals surface area contributed by atoms with E-state index in [1.54, 1.807) is 50.2 Å². The molecule has 0 fully saturated rings. The summed E-state index contributed by atoms with van der Waals surface area (Å²) >= 11 is 0. The van der Waals surface area contributed by atoms with E-state index in [2.05, 4.69) is 32.5 Å². The van der Waals surface area contributed by atoms with Gasteiger partial charge in [-0.25, -0.2) is 4.79 Å². The fourth-order valence-electron chi connectivity index (χ4n) is 5.43. The molecule has 5 aromatic rings. The zero-order chi connectivity index (χ0) is 42.6. The third-order valence-corrected chi connectivity index (χ3v) is 8.45. The van der Waals surface area contributed by atoms with E-state index in [0.717, 1.165) is 0 Å². The first kappa shape index (κ1) is 41.7. The fourth-order valence-corrected chi connectivity index (χ4v) is 5.43. The molecule has 15 heteroatoms. The number of amidine groups is 1. The van der Waals surface area contributed by atoms with Crippen LogP contribution in [0.15, 0.2) is 109 Å². The Morgan fingerprint density at radius 1 is 0.695 bits per heavy atom. The van der Waals surface area contributed by atoms with Crippen LogP contribution in [0.5, 0.6) is 11.5 Å². The van der Waals surface area contributed by atoms with Crippen LogP contribution in [0.4, 0.5) is 22.7 Å². The van der Waals surface area contributed by atoms with Crippen molar-refractivity contribution in [1.29, 1.82) is 10.7 Å². The van der Waals surface area contributed by atoms with Gasteiger partial charge < -0.3 is 41.5 Å². The maximum atomic E-state index is 13.3. The fraction of sp³-hybridized carbons (Fsp3) is 0.114. The van der Waals surface area contributed by atoms with Crippen LogP contribution < -0.4 is 31.3 Å². The van der Waals surface area contributed by atoms with Crippen molar-refractivity contribution < 1.29 is 38.9 Å². The minimum absolute atomic E-state index is 0.0315. The predicted octanol–water partition coefficient (Wildman–Crippen LogP) is 6.45. The molecule has 5 rings (SSSR count). The summed E-state index contributed by atoms with van der Waals surface area (Å²) < 4.78 is 5.78. The Balaban J connectivity index is 1.20. The lowest BCUT2D eigenvalue weighted by molar-refractivity contribution is -0.117. The van der Waals surface area contributed by atoms with Crippen molar-refractivity contribution in [2.45, 2.75) is 32.4 Å². The molecule has 8 N–H and O–H groups in total. The van der Waals surface area contributed by atoms with Crippen LogP contribution in [-0.2, 0) is 4.79 Å². The molecule has 0 aliphatic carbocycles. The van der Waals surface area contributed by atoms with Crippen LogP contribution in [0, 0.1) is 29.1 Å². The number of nitrogens with zero attached hydrogens (tertiary/aromatic N) is 1. The van der Waals surface area contributed by atoms with Gasteiger partial charge in [-0.15, -0.1) is 12.3 Å². The molecule has 4 amide bonds. The standard InChI is InChI=1S/C44H37N7O8/c1-4-5-36(51-41(54)29-10-16-31(17-11-29)47-39(46)27-8-6-26(24-45)7-9-27)43(56)49-33-18-12-28(13-19-33)40(53)50-35-23-22-34(37(52)38(35)59-25(2)3)42(55)48-32-20-14-30(15-21-32)44(57)58/h1,6-23,25,36,52H,5H2,2-3H3,(H2,46,47)(H,48,55)(H,49,56)(H,50,53)(H,51,54)(H,57,58)/t36-/m0/s1. The first-order valence-corrected chi connectivity index (χ1v) is 17.9. The molecule has 0 spiro atoms. The quantitative estimate of drug-likeness (QED) is 0.0347. The summed E-state index contributed by atoms with van der Waals surface area (Å²) in [5, 5.41) is 51.0. The van der Waals surface area contributed by atoms with E-state index in [1.165, 1.54) is 72.8 Å². The number of carboxylic acid groups (broad SMARTS) is 1. The Hall–Kier alpha value is -8.43. The van der Waals surface area contributed by atoms with E-state index in [4.69, 9.17) is 26.9 Å². The number of phenolic OH excluding ortho intramolecular Hbond substituents is 1. The molecule has 0 saturated heterocycles. The first-order chi connectivity index (χ1) is 28.3. The Bertz CT molecular complexity index is 2490. The van der Waals surface area contributed by atoms with Gasteiger partial charge in [-0.3, -0.25) is 24.6 Å². The highest BCUT2D eigenvalue weighted by atomic mass is 16.5. The molecule has 0 bridgehead atoms. The van der Waals surface area contributed by atoms with Crippen LogP contribution in [0.2, 0.25) is 0 Å². The number of anilines is 4. The number of carboxylic acids is 1. The van der Waals surface area contributed by atoms with Gasteiger partial charge >= 0.3 is 5.97 Å². The van der Waals surface area contributed by atoms with Gasteiger partial charge in [0.05, 0.1) is 34.6 Å². The zero-order valence-corrected chi connectivity index (χ0v) is 31.6. The van der Waals surface area contributed by atoms with E-state index in [9.17, 15) is 29.1 Å². The predicted molar refractivity (Wildman–Crippen MR) is 221 cm³/mol. The van der Waals surface area contributed by atoms with Crippen molar-refractivity contribution in [3.05, 3.63) is 143 Å². The summed E-state index contributed by atoms with van der Waals surface area (Å²) in [5.41, 5.74) is 2.52. The SMILES string of the molecule is C#CC[C@H](NC(=O)c1ccc(NC(=N)c2ccc(C#N)cc2)cc1)C(=O)Nc1ccc(C(=O)Nc2ccc(C(=O)Nc3ccc(C(=O)O)cc3)c(O)c2OC(C)C)cc1. The number of hydrogen-bond acceptors (Lipinski definition) is 9. The second-order valence-electron chi connectivity index (χ2n) is 13.1. The summed E-state index contributed by atoms with van der Waals surface area (Å²) in [6.45, 7) is 3.39. The molecule has 0 saturated carbocycles. The van der Waals surface area contributed by atoms with Crippen LogP contribution in [-0.4, -0.2) is 57.8 Å². The van der Waals surface area contributed by atoms with E-state index in [0.29, 0.717) is 22.5 Å². The van der Waals surface area contributed by atoms with Crippen LogP contribution >= 0.6 is 0 Å². The third-order valence-electron chi connectivity index (χ3n) is 8.45. The second-order valence-corrected chi connectivity index (χ2v) is 13.1. The van der Waals surface area contributed by atoms with Gasteiger partial charge in [0.2, 0.25) is 5.91 Å². The molecular weight excluding hydrogens is 755 g/mol. The number of nitriles is 1. The maximum absolute atomic E-state index is 13.3. The third kappa shape index (κ3) is 10.9. The highest BCUT2D eigenvalue weighted by Gasteiger charge is 2.23. The molecule has 0 unspecified atom stereocenters. The van der Waals surface area contributed by atoms with E-state index in [-0.39, 0.29) is 51.6 Å². The lowest BCUT2D eigenvalue weighted by atomic mass is 10.1. The van der Waals surface area contributed by atoms with Crippen LogP contribution in [0.25, 0.3) is 0 Å². The average Bonchev–Trinajstić information content (AvgIpc) is 3.22. The van der Waals surface area contributed by atoms with Gasteiger partial charge in [0, 0.05) is 40.2 Å². The molecule has 0 aliphatic heterocycles. The molecule has 296 valence electrons. The monoisotopic (exact) mass is 791 g/mol. The highest BCUT2D eigenvalue weighted by Crippen LogP contribution is 2.39. The van der Waals surface area contributed by atoms with Crippen LogP contribution in [0.3, 0.4) is 0 Å². The summed E-state index contributed by atoms with van der Waals surface area (Å²) in [7, 11) is 0. The molecule has 1 atom stereocenters. The van der Waals surface area contributed by atoms with Gasteiger partial charge in [-0.05, 0) is 123 Å². The Kier molecular flexibility index (Phi) is 13.4. The number of terminal acetylenes is 1. The van der Waals surface area contributed by atoms with E-state index < -0.39 is 47.5 Å². The number of nitrogens with one attached hydrogen (secondary N) is 6. The summed E-state index contributed by atoms with van der Waals surface area (Å²) in [4.78, 5) is 63.8. The highest BCUT2D eigenvalue weighted by molar-refractivity contribution is 6.10. The van der Waals surface area contributed by atoms with E-state index >= 15 is 0 Å². The number of carbonyl (C=O) groups excluding carboxylic acids is 4. The molecule has 15 nitrogen and oxygen atoms in total. The minimum atomic E-state index is -1.12. The minimum Gasteiger partial charge on any atom is -0.504 e. The van der Waals surface area contributed by atoms with Crippen molar-refractivity contribution >= 4 is 58.2 Å². The molecule has 0 heterocycles. The van der Waals surface area contributed by atoms with Crippen molar-refractivity contribution in [3.8, 4) is 29.9 Å². The van der Waals surface area contributed by atoms with Gasteiger partial charge in [0.1, 0.15) is 11.9 Å². The lowest BCUT2D eigenvalue weighted by Crippen LogP contribution is -2.43. The Morgan fingerprint density at radius 2 is 1.22 bits per heavy atom. The summed E-state index contributed by atoms with van der Waals surface area (Å²) in [6, 6.07) is 27.6. The molecule has 59 heavy (non-hydrogen) atoms. The number of phenols is 1. The number of aromatic hydroxyl groups is 1. The van der Waals surface area contributed by atoms with Gasteiger partial charge in [-0.2, -0.15) is 5.26 Å². The molecule has 0 aliphatic rings.